The van der Waals surface area contributed by atoms with Gasteiger partial charge in [0.25, 0.3) is 5.91 Å². The maximum absolute atomic E-state index is 12.7. The van der Waals surface area contributed by atoms with Crippen molar-refractivity contribution in [1.29, 1.82) is 0 Å². The highest BCUT2D eigenvalue weighted by molar-refractivity contribution is 5.95. The average molecular weight is 328 g/mol. The van der Waals surface area contributed by atoms with Gasteiger partial charge in [0.15, 0.2) is 6.10 Å². The standard InChI is InChI=1S/C17H20N4O3/c1-11-9-13(21(3)19-11)18-17(23)16-15(12-7-5-4-6-8-12)20(2)14(22)10-24-16/h4-9,15-16H,10H2,1-3H3,(H,18,23)/t15-,16-/m1/s1. The van der Waals surface area contributed by atoms with E-state index in [4.69, 9.17) is 4.74 Å². The van der Waals surface area contributed by atoms with Crippen molar-refractivity contribution in [2.24, 2.45) is 7.05 Å². The van der Waals surface area contributed by atoms with E-state index in [2.05, 4.69) is 10.4 Å². The quantitative estimate of drug-likeness (QED) is 0.920. The number of aryl methyl sites for hydroxylation is 2. The minimum atomic E-state index is -0.787. The highest BCUT2D eigenvalue weighted by atomic mass is 16.5. The van der Waals surface area contributed by atoms with Crippen LogP contribution in [-0.2, 0) is 21.4 Å². The smallest absolute Gasteiger partial charge is 0.257 e. The lowest BCUT2D eigenvalue weighted by Gasteiger charge is -2.38. The Morgan fingerprint density at radius 1 is 1.29 bits per heavy atom. The van der Waals surface area contributed by atoms with Gasteiger partial charge in [-0.3, -0.25) is 14.3 Å². The van der Waals surface area contributed by atoms with Crippen LogP contribution in [0, 0.1) is 6.92 Å². The number of hydrogen-bond donors (Lipinski definition) is 1. The molecule has 2 aromatic rings. The number of carbonyl (C=O) groups excluding carboxylic acids is 2. The molecule has 1 saturated heterocycles. The molecule has 1 aliphatic rings. The minimum Gasteiger partial charge on any atom is -0.356 e. The van der Waals surface area contributed by atoms with Crippen LogP contribution in [0.5, 0.6) is 0 Å². The van der Waals surface area contributed by atoms with Gasteiger partial charge in [-0.25, -0.2) is 0 Å². The number of rotatable bonds is 3. The zero-order valence-corrected chi connectivity index (χ0v) is 13.9. The summed E-state index contributed by atoms with van der Waals surface area (Å²) in [6.45, 7) is 1.74. The van der Waals surface area contributed by atoms with Crippen molar-refractivity contribution in [1.82, 2.24) is 14.7 Å². The Bertz CT molecular complexity index is 756. The van der Waals surface area contributed by atoms with E-state index in [1.54, 1.807) is 29.7 Å². The van der Waals surface area contributed by atoms with Gasteiger partial charge < -0.3 is 15.0 Å². The third kappa shape index (κ3) is 3.03. The Hall–Kier alpha value is -2.67. The highest BCUT2D eigenvalue weighted by Crippen LogP contribution is 2.29. The second-order valence-corrected chi connectivity index (χ2v) is 5.88. The summed E-state index contributed by atoms with van der Waals surface area (Å²) in [6.07, 6.45) is -0.787. The average Bonchev–Trinajstić information content (AvgIpc) is 2.88. The third-order valence-corrected chi connectivity index (χ3v) is 4.14. The molecule has 1 aliphatic heterocycles. The van der Waals surface area contributed by atoms with E-state index in [-0.39, 0.29) is 18.4 Å². The fourth-order valence-electron chi connectivity index (χ4n) is 2.90. The van der Waals surface area contributed by atoms with E-state index >= 15 is 0 Å². The molecule has 0 bridgehead atoms. The van der Waals surface area contributed by atoms with Gasteiger partial charge in [-0.05, 0) is 12.5 Å². The first-order valence-corrected chi connectivity index (χ1v) is 7.71. The molecule has 1 N–H and O–H groups in total. The van der Waals surface area contributed by atoms with Crippen LogP contribution in [0.2, 0.25) is 0 Å². The van der Waals surface area contributed by atoms with Gasteiger partial charge in [0.2, 0.25) is 5.91 Å². The van der Waals surface area contributed by atoms with Crippen molar-refractivity contribution in [2.45, 2.75) is 19.1 Å². The van der Waals surface area contributed by atoms with Crippen molar-refractivity contribution in [3.63, 3.8) is 0 Å². The van der Waals surface area contributed by atoms with Gasteiger partial charge in [-0.1, -0.05) is 30.3 Å². The maximum atomic E-state index is 12.7. The van der Waals surface area contributed by atoms with Crippen LogP contribution in [0.1, 0.15) is 17.3 Å². The van der Waals surface area contributed by atoms with Crippen molar-refractivity contribution in [3.05, 3.63) is 47.7 Å². The van der Waals surface area contributed by atoms with Crippen molar-refractivity contribution < 1.29 is 14.3 Å². The van der Waals surface area contributed by atoms with Crippen LogP contribution in [0.15, 0.2) is 36.4 Å². The first-order chi connectivity index (χ1) is 11.5. The van der Waals surface area contributed by atoms with Crippen LogP contribution in [0.25, 0.3) is 0 Å². The Morgan fingerprint density at radius 3 is 2.62 bits per heavy atom. The number of morpholine rings is 1. The predicted molar refractivity (Wildman–Crippen MR) is 88.3 cm³/mol. The second kappa shape index (κ2) is 6.45. The number of likely N-dealkylation sites (N-methyl/N-ethyl adjacent to an activating group) is 1. The number of ether oxygens (including phenoxy) is 1. The second-order valence-electron chi connectivity index (χ2n) is 5.88. The van der Waals surface area contributed by atoms with Gasteiger partial charge in [0, 0.05) is 20.2 Å². The number of nitrogens with one attached hydrogen (secondary N) is 1. The molecular formula is C17H20N4O3. The van der Waals surface area contributed by atoms with Gasteiger partial charge in [0.05, 0.1) is 11.7 Å². The molecule has 3 rings (SSSR count). The number of anilines is 1. The molecule has 126 valence electrons. The summed E-state index contributed by atoms with van der Waals surface area (Å²) in [7, 11) is 3.45. The Morgan fingerprint density at radius 2 is 2.00 bits per heavy atom. The van der Waals surface area contributed by atoms with Gasteiger partial charge >= 0.3 is 0 Å². The Kier molecular flexibility index (Phi) is 4.35. The summed E-state index contributed by atoms with van der Waals surface area (Å²) >= 11 is 0. The summed E-state index contributed by atoms with van der Waals surface area (Å²) in [5.74, 6) is 0.142. The zero-order chi connectivity index (χ0) is 17.3. The molecule has 2 atom stereocenters. The van der Waals surface area contributed by atoms with Crippen LogP contribution in [-0.4, -0.2) is 46.3 Å². The molecule has 0 unspecified atom stereocenters. The lowest BCUT2D eigenvalue weighted by Crippen LogP contribution is -2.51. The first-order valence-electron chi connectivity index (χ1n) is 7.71. The summed E-state index contributed by atoms with van der Waals surface area (Å²) < 4.78 is 7.18. The minimum absolute atomic E-state index is 0.109. The molecule has 2 heterocycles. The zero-order valence-electron chi connectivity index (χ0n) is 13.9. The SMILES string of the molecule is Cc1cc(NC(=O)[C@@H]2OCC(=O)N(C)[C@@H]2c2ccccc2)n(C)n1. The number of benzene rings is 1. The van der Waals surface area contributed by atoms with E-state index in [0.717, 1.165) is 11.3 Å². The molecule has 7 nitrogen and oxygen atoms in total. The Balaban J connectivity index is 1.87. The molecular weight excluding hydrogens is 308 g/mol. The largest absolute Gasteiger partial charge is 0.356 e. The highest BCUT2D eigenvalue weighted by Gasteiger charge is 2.40. The van der Waals surface area contributed by atoms with E-state index in [9.17, 15) is 9.59 Å². The monoisotopic (exact) mass is 328 g/mol. The lowest BCUT2D eigenvalue weighted by atomic mass is 9.97. The fraction of sp³-hybridized carbons (Fsp3) is 0.353. The van der Waals surface area contributed by atoms with E-state index in [0.29, 0.717) is 5.82 Å². The van der Waals surface area contributed by atoms with Crippen LogP contribution in [0.3, 0.4) is 0 Å². The molecule has 7 heteroatoms. The fourth-order valence-corrected chi connectivity index (χ4v) is 2.90. The van der Waals surface area contributed by atoms with Crippen molar-refractivity contribution in [3.8, 4) is 0 Å². The molecule has 2 amide bonds. The van der Waals surface area contributed by atoms with Crippen molar-refractivity contribution >= 4 is 17.6 Å². The van der Waals surface area contributed by atoms with Crippen LogP contribution in [0.4, 0.5) is 5.82 Å². The molecule has 0 radical (unpaired) electrons. The predicted octanol–water partition coefficient (Wildman–Crippen LogP) is 1.27. The third-order valence-electron chi connectivity index (χ3n) is 4.14. The molecule has 1 aromatic carbocycles. The van der Waals surface area contributed by atoms with Crippen LogP contribution >= 0.6 is 0 Å². The van der Waals surface area contributed by atoms with E-state index < -0.39 is 12.1 Å². The summed E-state index contributed by atoms with van der Waals surface area (Å²) in [5, 5.41) is 7.04. The molecule has 0 aliphatic carbocycles. The molecule has 0 spiro atoms. The number of hydrogen-bond acceptors (Lipinski definition) is 4. The molecule has 0 saturated carbocycles. The van der Waals surface area contributed by atoms with E-state index in [1.807, 2.05) is 37.3 Å². The number of nitrogens with zero attached hydrogens (tertiary/aromatic N) is 3. The number of aromatic nitrogens is 2. The Labute approximate surface area is 140 Å². The topological polar surface area (TPSA) is 76.5 Å². The van der Waals surface area contributed by atoms with Gasteiger partial charge in [0.1, 0.15) is 12.4 Å². The van der Waals surface area contributed by atoms with Gasteiger partial charge in [-0.2, -0.15) is 5.10 Å². The van der Waals surface area contributed by atoms with Crippen LogP contribution < -0.4 is 5.32 Å². The first kappa shape index (κ1) is 16.2. The molecule has 24 heavy (non-hydrogen) atoms. The maximum Gasteiger partial charge on any atom is 0.257 e. The molecule has 1 fully saturated rings. The lowest BCUT2D eigenvalue weighted by molar-refractivity contribution is -0.160. The van der Waals surface area contributed by atoms with Gasteiger partial charge in [-0.15, -0.1) is 0 Å². The number of amides is 2. The summed E-state index contributed by atoms with van der Waals surface area (Å²) in [6, 6.07) is 10.7. The number of carbonyl (C=O) groups is 2. The summed E-state index contributed by atoms with van der Waals surface area (Å²) in [5.41, 5.74) is 1.67. The summed E-state index contributed by atoms with van der Waals surface area (Å²) in [4.78, 5) is 26.3. The van der Waals surface area contributed by atoms with Crippen molar-refractivity contribution in [2.75, 3.05) is 19.0 Å². The van der Waals surface area contributed by atoms with E-state index in [1.165, 1.54) is 0 Å². The molecule has 1 aromatic heterocycles. The normalized spacial score (nSPS) is 21.0.